The molecule has 0 aromatic heterocycles. The monoisotopic (exact) mass is 380 g/mol. The Morgan fingerprint density at radius 2 is 1.67 bits per heavy atom. The van der Waals surface area contributed by atoms with Crippen LogP contribution in [0.5, 0.6) is 11.5 Å². The summed E-state index contributed by atoms with van der Waals surface area (Å²) in [6, 6.07) is 1.75. The molecular weight excluding hydrogens is 355 g/mol. The minimum Gasteiger partial charge on any atom is -0.496 e. The van der Waals surface area contributed by atoms with Crippen molar-refractivity contribution in [2.24, 2.45) is 0 Å². The van der Waals surface area contributed by atoms with Crippen molar-refractivity contribution in [1.82, 2.24) is 0 Å². The van der Waals surface area contributed by atoms with E-state index in [1.165, 1.54) is 0 Å². The summed E-state index contributed by atoms with van der Waals surface area (Å²) in [7, 11) is -0.505. The minimum absolute atomic E-state index is 0.0544. The van der Waals surface area contributed by atoms with E-state index in [9.17, 15) is 4.57 Å². The maximum Gasteiger partial charge on any atom is 0.475 e. The number of halogens is 1. The summed E-state index contributed by atoms with van der Waals surface area (Å²) < 4.78 is 38.9. The number of ether oxygens (including phenoxy) is 2. The van der Waals surface area contributed by atoms with Crippen LogP contribution in [0.1, 0.15) is 44.7 Å². The first-order chi connectivity index (χ1) is 11.3. The smallest absolute Gasteiger partial charge is 0.475 e. The third-order valence-electron chi connectivity index (χ3n) is 3.25. The molecule has 0 fully saturated rings. The molecule has 1 aromatic carbocycles. The molecule has 0 aliphatic heterocycles. The molecule has 24 heavy (non-hydrogen) atoms. The SMILES string of the molecule is CCOP(=O)(OCC)OCc1cc(OC)c(C(C)C)c(OC)c1Cl. The fourth-order valence-electron chi connectivity index (χ4n) is 2.27. The molecule has 0 saturated carbocycles. The minimum atomic E-state index is -3.62. The van der Waals surface area contributed by atoms with E-state index in [0.717, 1.165) is 5.56 Å². The lowest BCUT2D eigenvalue weighted by Crippen LogP contribution is -2.04. The van der Waals surface area contributed by atoms with Crippen LogP contribution in [0.2, 0.25) is 5.02 Å². The first-order valence-corrected chi connectivity index (χ1v) is 9.64. The van der Waals surface area contributed by atoms with Gasteiger partial charge in [0.2, 0.25) is 0 Å². The molecule has 0 atom stereocenters. The Morgan fingerprint density at radius 1 is 1.08 bits per heavy atom. The van der Waals surface area contributed by atoms with Crippen molar-refractivity contribution in [3.63, 3.8) is 0 Å². The lowest BCUT2D eigenvalue weighted by Gasteiger charge is -2.21. The van der Waals surface area contributed by atoms with Crippen LogP contribution in [0, 0.1) is 0 Å². The van der Waals surface area contributed by atoms with Gasteiger partial charge in [0.1, 0.15) is 11.5 Å². The van der Waals surface area contributed by atoms with Crippen molar-refractivity contribution in [2.45, 2.75) is 40.2 Å². The Balaban J connectivity index is 3.19. The van der Waals surface area contributed by atoms with Crippen LogP contribution in [-0.4, -0.2) is 27.4 Å². The number of phosphoric ester groups is 1. The molecule has 0 radical (unpaired) electrons. The summed E-state index contributed by atoms with van der Waals surface area (Å²) in [5.41, 5.74) is 1.45. The molecule has 0 unspecified atom stereocenters. The zero-order valence-corrected chi connectivity index (χ0v) is 16.7. The number of hydrogen-bond donors (Lipinski definition) is 0. The molecule has 0 amide bonds. The van der Waals surface area contributed by atoms with Crippen LogP contribution in [0.15, 0.2) is 6.07 Å². The average molecular weight is 381 g/mol. The van der Waals surface area contributed by atoms with E-state index in [0.29, 0.717) is 22.1 Å². The molecule has 138 valence electrons. The number of hydrogen-bond acceptors (Lipinski definition) is 6. The van der Waals surface area contributed by atoms with E-state index in [1.807, 2.05) is 13.8 Å². The van der Waals surface area contributed by atoms with E-state index in [1.54, 1.807) is 34.1 Å². The molecule has 6 nitrogen and oxygen atoms in total. The molecule has 1 rings (SSSR count). The van der Waals surface area contributed by atoms with Gasteiger partial charge in [0.05, 0.1) is 39.1 Å². The van der Waals surface area contributed by atoms with Gasteiger partial charge in [0.25, 0.3) is 0 Å². The molecule has 0 aliphatic rings. The molecule has 0 N–H and O–H groups in total. The van der Waals surface area contributed by atoms with Crippen LogP contribution in [0.4, 0.5) is 0 Å². The molecule has 0 bridgehead atoms. The Labute approximate surface area is 149 Å². The summed E-state index contributed by atoms with van der Waals surface area (Å²) in [4.78, 5) is 0. The highest BCUT2D eigenvalue weighted by atomic mass is 35.5. The maximum atomic E-state index is 12.4. The van der Waals surface area contributed by atoms with E-state index in [4.69, 9.17) is 34.6 Å². The Hall–Kier alpha value is -0.780. The van der Waals surface area contributed by atoms with E-state index < -0.39 is 7.82 Å². The van der Waals surface area contributed by atoms with Gasteiger partial charge in [-0.25, -0.2) is 4.57 Å². The Bertz CT molecular complexity index is 580. The summed E-state index contributed by atoms with van der Waals surface area (Å²) in [6.07, 6.45) is 0. The average Bonchev–Trinajstić information content (AvgIpc) is 2.53. The second-order valence-electron chi connectivity index (χ2n) is 5.21. The van der Waals surface area contributed by atoms with Gasteiger partial charge < -0.3 is 9.47 Å². The van der Waals surface area contributed by atoms with E-state index in [2.05, 4.69) is 0 Å². The number of rotatable bonds is 10. The summed E-state index contributed by atoms with van der Waals surface area (Å²) >= 11 is 6.44. The molecule has 8 heteroatoms. The van der Waals surface area contributed by atoms with Crippen molar-refractivity contribution >= 4 is 19.4 Å². The summed E-state index contributed by atoms with van der Waals surface area (Å²) in [5.74, 6) is 1.31. The molecule has 0 spiro atoms. The lowest BCUT2D eigenvalue weighted by molar-refractivity contribution is 0.116. The Morgan fingerprint density at radius 3 is 2.08 bits per heavy atom. The highest BCUT2D eigenvalue weighted by molar-refractivity contribution is 7.48. The quantitative estimate of drug-likeness (QED) is 0.521. The maximum absolute atomic E-state index is 12.4. The van der Waals surface area contributed by atoms with Crippen molar-refractivity contribution in [3.05, 3.63) is 22.2 Å². The van der Waals surface area contributed by atoms with Crippen molar-refractivity contribution < 1.29 is 27.6 Å². The van der Waals surface area contributed by atoms with Gasteiger partial charge in [-0.1, -0.05) is 25.4 Å². The fourth-order valence-corrected chi connectivity index (χ4v) is 3.71. The van der Waals surface area contributed by atoms with Crippen LogP contribution in [-0.2, 0) is 24.7 Å². The van der Waals surface area contributed by atoms with Gasteiger partial charge in [-0.15, -0.1) is 0 Å². The molecular formula is C16H26ClO6P. The van der Waals surface area contributed by atoms with Crippen LogP contribution in [0.25, 0.3) is 0 Å². The van der Waals surface area contributed by atoms with Crippen LogP contribution < -0.4 is 9.47 Å². The predicted octanol–water partition coefficient (Wildman–Crippen LogP) is 5.18. The molecule has 0 saturated heterocycles. The Kier molecular flexibility index (Phi) is 8.54. The molecule has 1 aromatic rings. The second-order valence-corrected chi connectivity index (χ2v) is 7.26. The van der Waals surface area contributed by atoms with Gasteiger partial charge in [-0.05, 0) is 25.8 Å². The zero-order chi connectivity index (χ0) is 18.3. The zero-order valence-electron chi connectivity index (χ0n) is 15.1. The third kappa shape index (κ3) is 5.11. The van der Waals surface area contributed by atoms with Gasteiger partial charge in [-0.2, -0.15) is 0 Å². The van der Waals surface area contributed by atoms with Gasteiger partial charge in [-0.3, -0.25) is 13.6 Å². The van der Waals surface area contributed by atoms with Crippen LogP contribution in [0.3, 0.4) is 0 Å². The van der Waals surface area contributed by atoms with Crippen LogP contribution >= 0.6 is 19.4 Å². The van der Waals surface area contributed by atoms with Crippen molar-refractivity contribution in [2.75, 3.05) is 27.4 Å². The summed E-state index contributed by atoms with van der Waals surface area (Å²) in [6.45, 7) is 7.84. The lowest BCUT2D eigenvalue weighted by atomic mass is 9.98. The van der Waals surface area contributed by atoms with Crippen molar-refractivity contribution in [1.29, 1.82) is 0 Å². The molecule has 0 heterocycles. The van der Waals surface area contributed by atoms with Crippen molar-refractivity contribution in [3.8, 4) is 11.5 Å². The topological polar surface area (TPSA) is 63.2 Å². The van der Waals surface area contributed by atoms with Gasteiger partial charge in [0, 0.05) is 11.1 Å². The normalized spacial score (nSPS) is 11.8. The van der Waals surface area contributed by atoms with E-state index >= 15 is 0 Å². The first-order valence-electron chi connectivity index (χ1n) is 7.80. The second kappa shape index (κ2) is 9.64. The fraction of sp³-hybridized carbons (Fsp3) is 0.625. The van der Waals surface area contributed by atoms with Gasteiger partial charge >= 0.3 is 7.82 Å². The predicted molar refractivity (Wildman–Crippen MR) is 94.3 cm³/mol. The largest absolute Gasteiger partial charge is 0.496 e. The standard InChI is InChI=1S/C16H26ClO6P/c1-7-21-24(18,22-8-2)23-10-12-9-13(19-5)14(11(3)4)16(20-6)15(12)17/h9,11H,7-8,10H2,1-6H3. The number of methoxy groups -OCH3 is 2. The highest BCUT2D eigenvalue weighted by Gasteiger charge is 2.27. The molecule has 0 aliphatic carbocycles. The number of phosphoric acid groups is 1. The first kappa shape index (κ1) is 21.3. The van der Waals surface area contributed by atoms with E-state index in [-0.39, 0.29) is 25.7 Å². The highest BCUT2D eigenvalue weighted by Crippen LogP contribution is 2.51. The van der Waals surface area contributed by atoms with Gasteiger partial charge in [0.15, 0.2) is 0 Å². The summed E-state index contributed by atoms with van der Waals surface area (Å²) in [5, 5.41) is 0.390. The third-order valence-corrected chi connectivity index (χ3v) is 5.26. The number of benzene rings is 1.